The van der Waals surface area contributed by atoms with Crippen LogP contribution in [0.3, 0.4) is 0 Å². The highest BCUT2D eigenvalue weighted by Gasteiger charge is 2.34. The van der Waals surface area contributed by atoms with E-state index in [9.17, 15) is 9.59 Å². The number of hydrogen-bond donors (Lipinski definition) is 0. The van der Waals surface area contributed by atoms with Gasteiger partial charge in [0.15, 0.2) is 0 Å². The molecular weight excluding hydrogens is 154 g/mol. The fraction of sp³-hybridized carbons (Fsp3) is 0.556. The van der Waals surface area contributed by atoms with Gasteiger partial charge in [-0.15, -0.1) is 0 Å². The number of rotatable bonds is 1. The maximum absolute atomic E-state index is 11.3. The van der Waals surface area contributed by atoms with Crippen molar-refractivity contribution in [3.63, 3.8) is 0 Å². The third-order valence-electron chi connectivity index (χ3n) is 2.60. The first-order valence-corrected chi connectivity index (χ1v) is 4.27. The quantitative estimate of drug-likeness (QED) is 0.531. The molecule has 3 nitrogen and oxygen atoms in total. The van der Waals surface area contributed by atoms with Crippen LogP contribution >= 0.6 is 0 Å². The number of fused-ring (bicyclic) bond motifs is 1. The second-order valence-electron chi connectivity index (χ2n) is 3.25. The number of carbonyl (C=O) groups is 2. The molecule has 1 atom stereocenters. The molecule has 2 aliphatic heterocycles. The molecule has 0 N–H and O–H groups in total. The lowest BCUT2D eigenvalue weighted by molar-refractivity contribution is -0.128. The molecule has 2 aliphatic rings. The Morgan fingerprint density at radius 3 is 3.17 bits per heavy atom. The van der Waals surface area contributed by atoms with Gasteiger partial charge in [-0.25, -0.2) is 0 Å². The molecule has 0 radical (unpaired) electrons. The Morgan fingerprint density at radius 2 is 2.42 bits per heavy atom. The fourth-order valence-corrected chi connectivity index (χ4v) is 1.99. The minimum atomic E-state index is 0.101. The Balaban J connectivity index is 2.26. The fourth-order valence-electron chi connectivity index (χ4n) is 1.99. The number of carbonyl (C=O) groups excluding carboxylic acids is 2. The van der Waals surface area contributed by atoms with Crippen LogP contribution in [0.2, 0.25) is 0 Å². The summed E-state index contributed by atoms with van der Waals surface area (Å²) in [6.45, 7) is 0.792. The van der Waals surface area contributed by atoms with E-state index in [1.165, 1.54) is 0 Å². The van der Waals surface area contributed by atoms with Gasteiger partial charge in [0.1, 0.15) is 6.29 Å². The number of amides is 1. The van der Waals surface area contributed by atoms with Gasteiger partial charge in [-0.1, -0.05) is 6.08 Å². The molecule has 0 unspecified atom stereocenters. The van der Waals surface area contributed by atoms with Crippen LogP contribution < -0.4 is 0 Å². The normalized spacial score (nSPS) is 28.3. The van der Waals surface area contributed by atoms with Gasteiger partial charge in [0.05, 0.1) is 6.04 Å². The zero-order valence-electron chi connectivity index (χ0n) is 6.82. The summed E-state index contributed by atoms with van der Waals surface area (Å²) in [6, 6.07) is 0.101. The van der Waals surface area contributed by atoms with Crippen LogP contribution in [0, 0.1) is 0 Å². The van der Waals surface area contributed by atoms with Crippen LogP contribution in [0.15, 0.2) is 11.6 Å². The highest BCUT2D eigenvalue weighted by atomic mass is 16.2. The highest BCUT2D eigenvalue weighted by molar-refractivity contribution is 5.84. The van der Waals surface area contributed by atoms with Gasteiger partial charge in [-0.2, -0.15) is 0 Å². The average Bonchev–Trinajstić information content (AvgIpc) is 2.48. The van der Waals surface area contributed by atoms with E-state index >= 15 is 0 Å². The van der Waals surface area contributed by atoms with Crippen molar-refractivity contribution in [3.05, 3.63) is 11.6 Å². The molecule has 0 aromatic rings. The van der Waals surface area contributed by atoms with Crippen LogP contribution in [0.5, 0.6) is 0 Å². The molecule has 1 saturated heterocycles. The van der Waals surface area contributed by atoms with Gasteiger partial charge in [0.2, 0.25) is 5.91 Å². The maximum atomic E-state index is 11.3. The average molecular weight is 165 g/mol. The lowest BCUT2D eigenvalue weighted by Gasteiger charge is -2.28. The van der Waals surface area contributed by atoms with Crippen molar-refractivity contribution in [3.8, 4) is 0 Å². The Hall–Kier alpha value is -1.12. The summed E-state index contributed by atoms with van der Waals surface area (Å²) in [6.07, 6.45) is 5.10. The van der Waals surface area contributed by atoms with E-state index in [1.807, 2.05) is 11.0 Å². The molecule has 3 heteroatoms. The van der Waals surface area contributed by atoms with Crippen molar-refractivity contribution in [2.45, 2.75) is 25.3 Å². The Kier molecular flexibility index (Phi) is 1.71. The highest BCUT2D eigenvalue weighted by Crippen LogP contribution is 2.27. The molecule has 1 fully saturated rings. The first-order valence-electron chi connectivity index (χ1n) is 4.27. The predicted molar refractivity (Wildman–Crippen MR) is 43.5 cm³/mol. The van der Waals surface area contributed by atoms with E-state index in [1.54, 1.807) is 0 Å². The van der Waals surface area contributed by atoms with Gasteiger partial charge < -0.3 is 4.90 Å². The smallest absolute Gasteiger partial charge is 0.223 e. The van der Waals surface area contributed by atoms with Gasteiger partial charge in [0, 0.05) is 18.5 Å². The molecule has 0 saturated carbocycles. The maximum Gasteiger partial charge on any atom is 0.223 e. The van der Waals surface area contributed by atoms with Gasteiger partial charge >= 0.3 is 0 Å². The van der Waals surface area contributed by atoms with Crippen molar-refractivity contribution in [1.82, 2.24) is 4.90 Å². The molecule has 0 aromatic heterocycles. The Labute approximate surface area is 71.0 Å². The lowest BCUT2D eigenvalue weighted by atomic mass is 10.0. The summed E-state index contributed by atoms with van der Waals surface area (Å²) in [4.78, 5) is 23.7. The minimum absolute atomic E-state index is 0.101. The zero-order chi connectivity index (χ0) is 8.55. The number of hydrogen-bond acceptors (Lipinski definition) is 2. The van der Waals surface area contributed by atoms with E-state index < -0.39 is 0 Å². The number of aldehydes is 1. The molecule has 12 heavy (non-hydrogen) atoms. The summed E-state index contributed by atoms with van der Waals surface area (Å²) < 4.78 is 0. The van der Waals surface area contributed by atoms with E-state index in [0.29, 0.717) is 6.42 Å². The molecule has 64 valence electrons. The van der Waals surface area contributed by atoms with E-state index in [4.69, 9.17) is 0 Å². The topological polar surface area (TPSA) is 37.4 Å². The van der Waals surface area contributed by atoms with Crippen molar-refractivity contribution in [2.24, 2.45) is 0 Å². The van der Waals surface area contributed by atoms with Crippen LogP contribution in [-0.4, -0.2) is 29.7 Å². The standard InChI is InChI=1S/C9H11NO2/c11-6-7-2-1-5-10-8(7)3-4-9(10)12/h2,6,8H,1,3-5H2/t8-/m0/s1. The summed E-state index contributed by atoms with van der Waals surface area (Å²) in [7, 11) is 0. The molecule has 1 amide bonds. The van der Waals surface area contributed by atoms with Crippen LogP contribution in [0.1, 0.15) is 19.3 Å². The minimum Gasteiger partial charge on any atom is -0.335 e. The van der Waals surface area contributed by atoms with E-state index in [-0.39, 0.29) is 11.9 Å². The summed E-state index contributed by atoms with van der Waals surface area (Å²) >= 11 is 0. The molecular formula is C9H11NO2. The Bertz CT molecular complexity index is 257. The molecule has 2 rings (SSSR count). The first-order chi connectivity index (χ1) is 5.83. The summed E-state index contributed by atoms with van der Waals surface area (Å²) in [5, 5.41) is 0. The summed E-state index contributed by atoms with van der Waals surface area (Å²) in [5.41, 5.74) is 0.798. The van der Waals surface area contributed by atoms with Gasteiger partial charge in [0.25, 0.3) is 0 Å². The van der Waals surface area contributed by atoms with E-state index in [2.05, 4.69) is 0 Å². The molecule has 2 heterocycles. The second kappa shape index (κ2) is 2.73. The van der Waals surface area contributed by atoms with Crippen LogP contribution in [0.4, 0.5) is 0 Å². The summed E-state index contributed by atoms with van der Waals surface area (Å²) in [5.74, 6) is 0.201. The third-order valence-corrected chi connectivity index (χ3v) is 2.60. The van der Waals surface area contributed by atoms with Crippen molar-refractivity contribution in [2.75, 3.05) is 6.54 Å². The molecule has 0 spiro atoms. The second-order valence-corrected chi connectivity index (χ2v) is 3.25. The number of nitrogens with zero attached hydrogens (tertiary/aromatic N) is 1. The van der Waals surface area contributed by atoms with Gasteiger partial charge in [-0.05, 0) is 12.8 Å². The van der Waals surface area contributed by atoms with E-state index in [0.717, 1.165) is 31.2 Å². The van der Waals surface area contributed by atoms with Gasteiger partial charge in [-0.3, -0.25) is 9.59 Å². The Morgan fingerprint density at radius 1 is 1.58 bits per heavy atom. The largest absolute Gasteiger partial charge is 0.335 e. The molecule has 0 aromatic carbocycles. The molecule has 0 bridgehead atoms. The SMILES string of the molecule is O=CC1=CCCN2C(=O)CC[C@@H]12. The van der Waals surface area contributed by atoms with Crippen molar-refractivity contribution in [1.29, 1.82) is 0 Å². The predicted octanol–water partition coefficient (Wildman–Crippen LogP) is 0.506. The zero-order valence-corrected chi connectivity index (χ0v) is 6.82. The van der Waals surface area contributed by atoms with Crippen LogP contribution in [-0.2, 0) is 9.59 Å². The van der Waals surface area contributed by atoms with Crippen molar-refractivity contribution >= 4 is 12.2 Å². The van der Waals surface area contributed by atoms with Crippen LogP contribution in [0.25, 0.3) is 0 Å². The third kappa shape index (κ3) is 0.967. The first kappa shape index (κ1) is 7.53. The molecule has 0 aliphatic carbocycles. The lowest BCUT2D eigenvalue weighted by Crippen LogP contribution is -2.37. The monoisotopic (exact) mass is 165 g/mol. The van der Waals surface area contributed by atoms with Crippen molar-refractivity contribution < 1.29 is 9.59 Å².